The number of carbonyl (C=O) groups is 2. The lowest BCUT2D eigenvalue weighted by atomic mass is 9.57. The molecule has 8 heteroatoms. The van der Waals surface area contributed by atoms with Crippen molar-refractivity contribution in [1.29, 1.82) is 10.5 Å². The highest BCUT2D eigenvalue weighted by molar-refractivity contribution is 6.13. The minimum atomic E-state index is -2.14. The predicted molar refractivity (Wildman–Crippen MR) is 149 cm³/mol. The standard InChI is InChI=1S/C33H28FN3O4/c1-31(2,3)41-29(38)24-17-32(19-35,20-36)33(28(24)23-9-5-7-11-26(23)34)25-10-6-8-12-27(25)37(30(33)39)18-21-13-15-22(40-4)16-14-21/h5-17,28H,18H2,1-4H3/t28-,33+/m1/s1. The molecule has 0 unspecified atom stereocenters. The van der Waals surface area contributed by atoms with E-state index in [4.69, 9.17) is 9.47 Å². The Bertz CT molecular complexity index is 1650. The van der Waals surface area contributed by atoms with Crippen LogP contribution in [0, 0.1) is 33.9 Å². The molecule has 0 bridgehead atoms. The predicted octanol–water partition coefficient (Wildman–Crippen LogP) is 5.72. The van der Waals surface area contributed by atoms with Crippen LogP contribution in [0.5, 0.6) is 5.75 Å². The van der Waals surface area contributed by atoms with E-state index in [1.54, 1.807) is 70.3 Å². The van der Waals surface area contributed by atoms with Crippen molar-refractivity contribution in [3.05, 3.63) is 107 Å². The molecular weight excluding hydrogens is 521 g/mol. The highest BCUT2D eigenvalue weighted by atomic mass is 19.1. The van der Waals surface area contributed by atoms with E-state index in [1.807, 2.05) is 12.1 Å². The van der Waals surface area contributed by atoms with Crippen LogP contribution < -0.4 is 9.64 Å². The molecule has 7 nitrogen and oxygen atoms in total. The Balaban J connectivity index is 1.79. The second kappa shape index (κ2) is 9.91. The zero-order chi connectivity index (χ0) is 29.6. The minimum absolute atomic E-state index is 0.0198. The number of hydrogen-bond acceptors (Lipinski definition) is 6. The lowest BCUT2D eigenvalue weighted by Crippen LogP contribution is -2.52. The summed E-state index contributed by atoms with van der Waals surface area (Å²) in [6.07, 6.45) is 1.21. The number of methoxy groups -OCH3 is 1. The van der Waals surface area contributed by atoms with Gasteiger partial charge in [0.25, 0.3) is 0 Å². The first-order chi connectivity index (χ1) is 19.5. The quantitative estimate of drug-likeness (QED) is 0.377. The van der Waals surface area contributed by atoms with Gasteiger partial charge in [-0.1, -0.05) is 48.5 Å². The third-order valence-electron chi connectivity index (χ3n) is 7.64. The monoisotopic (exact) mass is 549 g/mol. The van der Waals surface area contributed by atoms with Gasteiger partial charge < -0.3 is 14.4 Å². The molecule has 5 rings (SSSR count). The summed E-state index contributed by atoms with van der Waals surface area (Å²) in [5.41, 5.74) is -3.51. The van der Waals surface area contributed by atoms with Gasteiger partial charge in [0.1, 0.15) is 22.6 Å². The maximum Gasteiger partial charge on any atom is 0.334 e. The summed E-state index contributed by atoms with van der Waals surface area (Å²) >= 11 is 0. The lowest BCUT2D eigenvalue weighted by molar-refractivity contribution is -0.150. The fraction of sp³-hybridized carbons (Fsp3) is 0.273. The van der Waals surface area contributed by atoms with Gasteiger partial charge in [0.05, 0.1) is 25.8 Å². The maximum absolute atomic E-state index is 15.6. The number of esters is 1. The Morgan fingerprint density at radius 2 is 1.63 bits per heavy atom. The number of fused-ring (bicyclic) bond motifs is 2. The number of amides is 1. The van der Waals surface area contributed by atoms with Crippen molar-refractivity contribution in [1.82, 2.24) is 0 Å². The molecule has 0 saturated carbocycles. The van der Waals surface area contributed by atoms with E-state index in [1.165, 1.54) is 29.2 Å². The number of nitrogens with zero attached hydrogens (tertiary/aromatic N) is 3. The average Bonchev–Trinajstić information content (AvgIpc) is 3.40. The molecule has 1 aliphatic carbocycles. The molecule has 3 aromatic rings. The second-order valence-corrected chi connectivity index (χ2v) is 11.2. The van der Waals surface area contributed by atoms with Crippen molar-refractivity contribution in [2.24, 2.45) is 5.41 Å². The molecule has 0 radical (unpaired) electrons. The number of para-hydroxylation sites is 1. The summed E-state index contributed by atoms with van der Waals surface area (Å²) in [5, 5.41) is 21.3. The number of carbonyl (C=O) groups excluding carboxylic acids is 2. The Hall–Kier alpha value is -4.95. The largest absolute Gasteiger partial charge is 0.497 e. The third-order valence-corrected chi connectivity index (χ3v) is 7.64. The van der Waals surface area contributed by atoms with Gasteiger partial charge >= 0.3 is 5.97 Å². The number of ether oxygens (including phenoxy) is 2. The molecule has 0 saturated heterocycles. The number of allylic oxidation sites excluding steroid dienone is 1. The van der Waals surface area contributed by atoms with E-state index >= 15 is 4.39 Å². The normalized spacial score (nSPS) is 20.7. The van der Waals surface area contributed by atoms with Crippen molar-refractivity contribution in [3.8, 4) is 17.9 Å². The third kappa shape index (κ3) is 4.15. The van der Waals surface area contributed by atoms with Crippen molar-refractivity contribution in [3.63, 3.8) is 0 Å². The van der Waals surface area contributed by atoms with Crippen molar-refractivity contribution < 1.29 is 23.5 Å². The summed E-state index contributed by atoms with van der Waals surface area (Å²) in [7, 11) is 1.56. The molecule has 2 atom stereocenters. The highest BCUT2D eigenvalue weighted by Crippen LogP contribution is 2.65. The van der Waals surface area contributed by atoms with Gasteiger partial charge in [0, 0.05) is 17.2 Å². The van der Waals surface area contributed by atoms with Gasteiger partial charge in [-0.25, -0.2) is 9.18 Å². The zero-order valence-electron chi connectivity index (χ0n) is 23.1. The van der Waals surface area contributed by atoms with Crippen LogP contribution in [-0.2, 0) is 26.3 Å². The summed E-state index contributed by atoms with van der Waals surface area (Å²) in [6.45, 7) is 5.16. The van der Waals surface area contributed by atoms with Crippen LogP contribution in [0.2, 0.25) is 0 Å². The van der Waals surface area contributed by atoms with Crippen molar-refractivity contribution in [2.75, 3.05) is 12.0 Å². The van der Waals surface area contributed by atoms with Crippen LogP contribution in [0.25, 0.3) is 0 Å². The van der Waals surface area contributed by atoms with Gasteiger partial charge in [-0.2, -0.15) is 10.5 Å². The average molecular weight is 550 g/mol. The zero-order valence-corrected chi connectivity index (χ0v) is 23.1. The molecule has 206 valence electrons. The van der Waals surface area contributed by atoms with Crippen LogP contribution in [0.3, 0.4) is 0 Å². The minimum Gasteiger partial charge on any atom is -0.497 e. The Labute approximate surface area is 238 Å². The summed E-state index contributed by atoms with van der Waals surface area (Å²) in [4.78, 5) is 30.1. The van der Waals surface area contributed by atoms with Gasteiger partial charge in [-0.3, -0.25) is 4.79 Å². The summed E-state index contributed by atoms with van der Waals surface area (Å²) < 4.78 is 26.6. The molecule has 1 amide bonds. The Kier molecular flexibility index (Phi) is 6.67. The van der Waals surface area contributed by atoms with Gasteiger partial charge in [-0.15, -0.1) is 0 Å². The number of anilines is 1. The first-order valence-electron chi connectivity index (χ1n) is 13.1. The van der Waals surface area contributed by atoms with Crippen LogP contribution in [0.15, 0.2) is 84.4 Å². The van der Waals surface area contributed by atoms with Crippen LogP contribution >= 0.6 is 0 Å². The van der Waals surface area contributed by atoms with E-state index < -0.39 is 40.0 Å². The summed E-state index contributed by atoms with van der Waals surface area (Å²) in [6, 6.07) is 24.0. The molecule has 3 aromatic carbocycles. The molecule has 1 aliphatic heterocycles. The molecule has 1 spiro atoms. The topological polar surface area (TPSA) is 103 Å². The van der Waals surface area contributed by atoms with E-state index in [-0.39, 0.29) is 17.7 Å². The smallest absolute Gasteiger partial charge is 0.334 e. The van der Waals surface area contributed by atoms with E-state index in [0.717, 1.165) is 5.56 Å². The number of nitriles is 2. The SMILES string of the molecule is COc1ccc(CN2C(=O)[C@]3(c4ccccc42)[C@H](c2ccccc2F)C(C(=O)OC(C)(C)C)=CC3(C#N)C#N)cc1. The van der Waals surface area contributed by atoms with Gasteiger partial charge in [0.15, 0.2) is 5.41 Å². The first kappa shape index (κ1) is 27.6. The molecular formula is C33H28FN3O4. The molecule has 0 fully saturated rings. The number of halogens is 1. The fourth-order valence-electron chi connectivity index (χ4n) is 5.99. The van der Waals surface area contributed by atoms with Gasteiger partial charge in [0.2, 0.25) is 5.91 Å². The number of rotatable bonds is 5. The maximum atomic E-state index is 15.6. The molecule has 0 aromatic heterocycles. The van der Waals surface area contributed by atoms with Crippen molar-refractivity contribution >= 4 is 17.6 Å². The van der Waals surface area contributed by atoms with Crippen LogP contribution in [0.4, 0.5) is 10.1 Å². The molecule has 1 heterocycles. The number of hydrogen-bond donors (Lipinski definition) is 0. The lowest BCUT2D eigenvalue weighted by Gasteiger charge is -2.38. The first-order valence-corrected chi connectivity index (χ1v) is 13.1. The molecule has 0 N–H and O–H groups in total. The Morgan fingerprint density at radius 3 is 2.24 bits per heavy atom. The van der Waals surface area contributed by atoms with Crippen LogP contribution in [0.1, 0.15) is 43.4 Å². The van der Waals surface area contributed by atoms with E-state index in [2.05, 4.69) is 12.1 Å². The molecule has 41 heavy (non-hydrogen) atoms. The van der Waals surface area contributed by atoms with Crippen LogP contribution in [-0.4, -0.2) is 24.6 Å². The van der Waals surface area contributed by atoms with E-state index in [9.17, 15) is 20.1 Å². The van der Waals surface area contributed by atoms with Crippen molar-refractivity contribution in [2.45, 2.75) is 44.2 Å². The van der Waals surface area contributed by atoms with E-state index in [0.29, 0.717) is 17.0 Å². The summed E-state index contributed by atoms with van der Waals surface area (Å²) in [5.74, 6) is -2.74. The number of benzene rings is 3. The van der Waals surface area contributed by atoms with Gasteiger partial charge in [-0.05, 0) is 67.8 Å². The fourth-order valence-corrected chi connectivity index (χ4v) is 5.99. The second-order valence-electron chi connectivity index (χ2n) is 11.2. The Morgan fingerprint density at radius 1 is 1.00 bits per heavy atom. The molecule has 2 aliphatic rings. The highest BCUT2D eigenvalue weighted by Gasteiger charge is 2.72.